The number of nitrogens with zero attached hydrogens (tertiary/aromatic N) is 3. The molecule has 2 amide bonds. The molecule has 0 saturated heterocycles. The first-order valence-corrected chi connectivity index (χ1v) is 13.1. The fourth-order valence-electron chi connectivity index (χ4n) is 4.50. The molecule has 3 aromatic rings. The Morgan fingerprint density at radius 3 is 2.43 bits per heavy atom. The van der Waals surface area contributed by atoms with Gasteiger partial charge >= 0.3 is 0 Å². The molecule has 37 heavy (non-hydrogen) atoms. The highest BCUT2D eigenvalue weighted by Crippen LogP contribution is 2.48. The summed E-state index contributed by atoms with van der Waals surface area (Å²) < 4.78 is 7.02. The molecular weight excluding hydrogens is 464 g/mol. The lowest BCUT2D eigenvalue weighted by Crippen LogP contribution is -2.40. The Bertz CT molecular complexity index is 1210. The lowest BCUT2D eigenvalue weighted by atomic mass is 9.92. The quantitative estimate of drug-likeness (QED) is 0.394. The third-order valence-electron chi connectivity index (χ3n) is 6.83. The Labute approximate surface area is 219 Å². The summed E-state index contributed by atoms with van der Waals surface area (Å²) >= 11 is 0. The third kappa shape index (κ3) is 6.40. The fourth-order valence-corrected chi connectivity index (χ4v) is 4.50. The minimum Gasteiger partial charge on any atom is -0.497 e. The predicted molar refractivity (Wildman–Crippen MR) is 146 cm³/mol. The molecule has 0 aliphatic heterocycles. The van der Waals surface area contributed by atoms with Crippen LogP contribution in [-0.4, -0.2) is 46.7 Å². The molecule has 1 fully saturated rings. The molecule has 1 aliphatic rings. The van der Waals surface area contributed by atoms with Gasteiger partial charge in [0.05, 0.1) is 25.0 Å². The van der Waals surface area contributed by atoms with Crippen LogP contribution >= 0.6 is 0 Å². The normalized spacial score (nSPS) is 16.8. The van der Waals surface area contributed by atoms with Crippen molar-refractivity contribution in [3.05, 3.63) is 71.9 Å². The fraction of sp³-hybridized carbons (Fsp3) is 0.433. The van der Waals surface area contributed by atoms with E-state index in [-0.39, 0.29) is 35.6 Å². The number of amides is 2. The van der Waals surface area contributed by atoms with Crippen LogP contribution in [0.3, 0.4) is 0 Å². The van der Waals surface area contributed by atoms with Gasteiger partial charge in [0.2, 0.25) is 11.8 Å². The van der Waals surface area contributed by atoms with Crippen LogP contribution in [0.15, 0.2) is 60.7 Å². The van der Waals surface area contributed by atoms with Gasteiger partial charge in [-0.15, -0.1) is 0 Å². The van der Waals surface area contributed by atoms with Crippen molar-refractivity contribution in [1.29, 1.82) is 0 Å². The van der Waals surface area contributed by atoms with Crippen molar-refractivity contribution >= 4 is 17.6 Å². The summed E-state index contributed by atoms with van der Waals surface area (Å²) in [4.78, 5) is 28.4. The zero-order valence-electron chi connectivity index (χ0n) is 22.5. The number of aromatic nitrogens is 2. The highest BCUT2D eigenvalue weighted by Gasteiger charge is 2.45. The predicted octanol–water partition coefficient (Wildman–Crippen LogP) is 5.55. The van der Waals surface area contributed by atoms with Gasteiger partial charge in [-0.3, -0.25) is 9.59 Å². The van der Waals surface area contributed by atoms with Crippen molar-refractivity contribution in [1.82, 2.24) is 14.7 Å². The molecule has 1 saturated carbocycles. The van der Waals surface area contributed by atoms with Gasteiger partial charge in [0.25, 0.3) is 0 Å². The number of benzene rings is 2. The molecule has 0 bridgehead atoms. The number of nitrogens with one attached hydrogen (secondary N) is 1. The van der Waals surface area contributed by atoms with Gasteiger partial charge in [-0.25, -0.2) is 4.68 Å². The number of ether oxygens (including phenoxy) is 1. The van der Waals surface area contributed by atoms with E-state index in [4.69, 9.17) is 9.84 Å². The van der Waals surface area contributed by atoms with Gasteiger partial charge < -0.3 is 15.0 Å². The minimum atomic E-state index is -0.225. The van der Waals surface area contributed by atoms with Crippen LogP contribution in [0.25, 0.3) is 5.69 Å². The molecule has 1 N–H and O–H groups in total. The monoisotopic (exact) mass is 502 g/mol. The number of unbranched alkanes of at least 4 members (excludes halogenated alkanes) is 1. The third-order valence-corrected chi connectivity index (χ3v) is 6.83. The van der Waals surface area contributed by atoms with Crippen molar-refractivity contribution in [2.24, 2.45) is 5.92 Å². The van der Waals surface area contributed by atoms with Crippen molar-refractivity contribution in [3.8, 4) is 11.4 Å². The summed E-state index contributed by atoms with van der Waals surface area (Å²) in [5.41, 5.74) is 2.67. The van der Waals surface area contributed by atoms with Gasteiger partial charge in [0.1, 0.15) is 11.6 Å². The maximum atomic E-state index is 13.4. The molecule has 0 radical (unpaired) electrons. The molecule has 1 heterocycles. The number of hydrogen-bond acceptors (Lipinski definition) is 4. The van der Waals surface area contributed by atoms with Crippen LogP contribution in [0.4, 0.5) is 5.82 Å². The Kier molecular flexibility index (Phi) is 8.00. The van der Waals surface area contributed by atoms with Crippen LogP contribution in [0.1, 0.15) is 64.1 Å². The molecule has 7 heteroatoms. The first-order chi connectivity index (χ1) is 17.7. The number of methoxy groups -OCH3 is 1. The van der Waals surface area contributed by atoms with E-state index in [1.54, 1.807) is 16.7 Å². The Morgan fingerprint density at radius 1 is 1.11 bits per heavy atom. The summed E-state index contributed by atoms with van der Waals surface area (Å²) in [5, 5.41) is 7.82. The molecule has 0 spiro atoms. The lowest BCUT2D eigenvalue weighted by molar-refractivity contribution is -0.136. The van der Waals surface area contributed by atoms with Crippen molar-refractivity contribution < 1.29 is 14.3 Å². The van der Waals surface area contributed by atoms with Crippen LogP contribution in [0.5, 0.6) is 5.75 Å². The van der Waals surface area contributed by atoms with Crippen molar-refractivity contribution in [3.63, 3.8) is 0 Å². The highest BCUT2D eigenvalue weighted by molar-refractivity contribution is 5.95. The highest BCUT2D eigenvalue weighted by atomic mass is 16.5. The van der Waals surface area contributed by atoms with Gasteiger partial charge in [-0.2, -0.15) is 5.10 Å². The second-order valence-electron chi connectivity index (χ2n) is 10.8. The SMILES string of the molecule is CCCCN(CC(=O)Nc1cc(C(C)(C)C)nn1-c1ccc(OC)cc1)C(=O)C1C[C@H]1c1ccccc1. The summed E-state index contributed by atoms with van der Waals surface area (Å²) in [7, 11) is 1.63. The molecule has 2 atom stereocenters. The van der Waals surface area contributed by atoms with E-state index in [0.29, 0.717) is 12.4 Å². The van der Waals surface area contributed by atoms with E-state index in [1.165, 1.54) is 5.56 Å². The summed E-state index contributed by atoms with van der Waals surface area (Å²) in [5.74, 6) is 1.36. The second-order valence-corrected chi connectivity index (χ2v) is 10.8. The van der Waals surface area contributed by atoms with E-state index in [2.05, 4.69) is 45.1 Å². The first-order valence-electron chi connectivity index (χ1n) is 13.1. The van der Waals surface area contributed by atoms with E-state index in [1.807, 2.05) is 48.5 Å². The number of anilines is 1. The zero-order chi connectivity index (χ0) is 26.6. The van der Waals surface area contributed by atoms with Crippen molar-refractivity contribution in [2.45, 2.75) is 58.3 Å². The number of hydrogen-bond donors (Lipinski definition) is 1. The molecule has 2 aromatic carbocycles. The molecule has 1 aliphatic carbocycles. The Balaban J connectivity index is 1.51. The maximum Gasteiger partial charge on any atom is 0.245 e. The van der Waals surface area contributed by atoms with Gasteiger partial charge in [0, 0.05) is 23.9 Å². The molecule has 4 rings (SSSR count). The molecular formula is C30H38N4O3. The average Bonchev–Trinajstić information content (AvgIpc) is 3.58. The Morgan fingerprint density at radius 2 is 1.81 bits per heavy atom. The number of carbonyl (C=O) groups is 2. The number of rotatable bonds is 10. The van der Waals surface area contributed by atoms with Crippen molar-refractivity contribution in [2.75, 3.05) is 25.5 Å². The van der Waals surface area contributed by atoms with E-state index in [9.17, 15) is 9.59 Å². The smallest absolute Gasteiger partial charge is 0.245 e. The van der Waals surface area contributed by atoms with E-state index in [0.717, 1.165) is 36.4 Å². The minimum absolute atomic E-state index is 0.0233. The van der Waals surface area contributed by atoms with E-state index >= 15 is 0 Å². The molecule has 7 nitrogen and oxygen atoms in total. The topological polar surface area (TPSA) is 76.5 Å². The van der Waals surface area contributed by atoms with Crippen LogP contribution < -0.4 is 10.1 Å². The molecule has 1 unspecified atom stereocenters. The van der Waals surface area contributed by atoms with E-state index < -0.39 is 0 Å². The second kappa shape index (κ2) is 11.2. The summed E-state index contributed by atoms with van der Waals surface area (Å²) in [6.45, 7) is 8.95. The summed E-state index contributed by atoms with van der Waals surface area (Å²) in [6.07, 6.45) is 2.66. The zero-order valence-corrected chi connectivity index (χ0v) is 22.5. The van der Waals surface area contributed by atoms with Gasteiger partial charge in [-0.1, -0.05) is 64.4 Å². The average molecular weight is 503 g/mol. The van der Waals surface area contributed by atoms with Crippen LogP contribution in [0.2, 0.25) is 0 Å². The first kappa shape index (κ1) is 26.5. The van der Waals surface area contributed by atoms with Crippen LogP contribution in [-0.2, 0) is 15.0 Å². The van der Waals surface area contributed by atoms with Gasteiger partial charge in [-0.05, 0) is 48.6 Å². The lowest BCUT2D eigenvalue weighted by Gasteiger charge is -2.22. The molecule has 196 valence electrons. The maximum absolute atomic E-state index is 13.4. The Hall–Kier alpha value is -3.61. The van der Waals surface area contributed by atoms with Crippen LogP contribution in [0, 0.1) is 5.92 Å². The van der Waals surface area contributed by atoms with Gasteiger partial charge in [0.15, 0.2) is 0 Å². The number of carbonyl (C=O) groups excluding carboxylic acids is 2. The molecule has 1 aromatic heterocycles. The standard InChI is InChI=1S/C30H38N4O3/c1-6-7-17-33(29(36)25-18-24(25)21-11-9-8-10-12-21)20-28(35)31-27-19-26(30(2,3)4)32-34(27)22-13-15-23(37-5)16-14-22/h8-16,19,24-25H,6-7,17-18,20H2,1-5H3,(H,31,35)/t24-,25?/m0/s1. The summed E-state index contributed by atoms with van der Waals surface area (Å²) in [6, 6.07) is 19.6. The largest absolute Gasteiger partial charge is 0.497 e.